The molecule has 1 aliphatic heterocycles. The summed E-state index contributed by atoms with van der Waals surface area (Å²) in [5.41, 5.74) is 8.19. The van der Waals surface area contributed by atoms with Crippen molar-refractivity contribution in [3.8, 4) is 0 Å². The van der Waals surface area contributed by atoms with E-state index in [1.165, 1.54) is 0 Å². The smallest absolute Gasteiger partial charge is 0.119 e. The van der Waals surface area contributed by atoms with Crippen LogP contribution in [0.4, 0.5) is 0 Å². The molecule has 1 fully saturated rings. The zero-order valence-electron chi connectivity index (χ0n) is 11.2. The first-order chi connectivity index (χ1) is 9.06. The highest BCUT2D eigenvalue weighted by Gasteiger charge is 2.43. The van der Waals surface area contributed by atoms with Crippen LogP contribution < -0.4 is 5.73 Å². The summed E-state index contributed by atoms with van der Waals surface area (Å²) in [6, 6.07) is 6.20. The van der Waals surface area contributed by atoms with Gasteiger partial charge in [0.15, 0.2) is 0 Å². The zero-order valence-corrected chi connectivity index (χ0v) is 12.8. The quantitative estimate of drug-likeness (QED) is 0.923. The first kappa shape index (κ1) is 13.1. The van der Waals surface area contributed by atoms with E-state index < -0.39 is 0 Å². The summed E-state index contributed by atoms with van der Waals surface area (Å²) in [7, 11) is 0. The van der Waals surface area contributed by atoms with Gasteiger partial charge in [0.25, 0.3) is 0 Å². The van der Waals surface area contributed by atoms with E-state index in [1.54, 1.807) is 0 Å². The van der Waals surface area contributed by atoms with Gasteiger partial charge in [-0.1, -0.05) is 15.9 Å². The van der Waals surface area contributed by atoms with Gasteiger partial charge in [-0.3, -0.25) is 0 Å². The van der Waals surface area contributed by atoms with Gasteiger partial charge in [0, 0.05) is 17.1 Å². The van der Waals surface area contributed by atoms with Crippen LogP contribution in [0.2, 0.25) is 0 Å². The molecular formula is C14H18BrN3O. The SMILES string of the molecule is CCn1c(C2(C)COCC2N)nc2cc(Br)ccc21. The van der Waals surface area contributed by atoms with Crippen LogP contribution in [0.3, 0.4) is 0 Å². The second kappa shape index (κ2) is 4.58. The summed E-state index contributed by atoms with van der Waals surface area (Å²) < 4.78 is 8.85. The molecule has 2 aromatic rings. The lowest BCUT2D eigenvalue weighted by Crippen LogP contribution is -2.43. The first-order valence-corrected chi connectivity index (χ1v) is 7.35. The van der Waals surface area contributed by atoms with Crippen LogP contribution in [-0.2, 0) is 16.7 Å². The van der Waals surface area contributed by atoms with Crippen molar-refractivity contribution in [3.05, 3.63) is 28.5 Å². The Morgan fingerprint density at radius 2 is 2.37 bits per heavy atom. The number of aryl methyl sites for hydroxylation is 1. The average molecular weight is 324 g/mol. The molecule has 4 nitrogen and oxygen atoms in total. The molecular weight excluding hydrogens is 306 g/mol. The third-order valence-corrected chi connectivity index (χ3v) is 4.55. The van der Waals surface area contributed by atoms with Crippen molar-refractivity contribution in [1.82, 2.24) is 9.55 Å². The molecule has 19 heavy (non-hydrogen) atoms. The van der Waals surface area contributed by atoms with Gasteiger partial charge >= 0.3 is 0 Å². The van der Waals surface area contributed by atoms with Gasteiger partial charge in [-0.25, -0.2) is 4.98 Å². The lowest BCUT2D eigenvalue weighted by molar-refractivity contribution is 0.177. The maximum absolute atomic E-state index is 6.23. The van der Waals surface area contributed by atoms with Gasteiger partial charge in [-0.05, 0) is 32.0 Å². The summed E-state index contributed by atoms with van der Waals surface area (Å²) in [4.78, 5) is 4.82. The molecule has 102 valence electrons. The molecule has 2 N–H and O–H groups in total. The number of benzene rings is 1. The van der Waals surface area contributed by atoms with Crippen molar-refractivity contribution in [2.24, 2.45) is 5.73 Å². The standard InChI is InChI=1S/C14H18BrN3O/c1-3-18-11-5-4-9(15)6-10(11)17-13(18)14(2)8-19-7-12(14)16/h4-6,12H,3,7-8,16H2,1-2H3. The second-order valence-corrected chi connectivity index (χ2v) is 6.27. The van der Waals surface area contributed by atoms with E-state index in [1.807, 2.05) is 6.07 Å². The fourth-order valence-corrected chi connectivity index (χ4v) is 3.13. The fraction of sp³-hybridized carbons (Fsp3) is 0.500. The molecule has 0 amide bonds. The number of nitrogens with zero attached hydrogens (tertiary/aromatic N) is 2. The van der Waals surface area contributed by atoms with E-state index in [0.29, 0.717) is 13.2 Å². The Hall–Kier alpha value is -0.910. The molecule has 5 heteroatoms. The number of aromatic nitrogens is 2. The number of hydrogen-bond donors (Lipinski definition) is 1. The Kier molecular flexibility index (Phi) is 3.15. The Morgan fingerprint density at radius 3 is 3.00 bits per heavy atom. The Labute approximate surface area is 121 Å². The zero-order chi connectivity index (χ0) is 13.6. The highest BCUT2D eigenvalue weighted by atomic mass is 79.9. The van der Waals surface area contributed by atoms with Crippen molar-refractivity contribution < 1.29 is 4.74 Å². The summed E-state index contributed by atoms with van der Waals surface area (Å²) in [5, 5.41) is 0. The molecule has 2 unspecified atom stereocenters. The molecule has 1 saturated heterocycles. The van der Waals surface area contributed by atoms with Gasteiger partial charge in [-0.2, -0.15) is 0 Å². The van der Waals surface area contributed by atoms with Crippen molar-refractivity contribution in [1.29, 1.82) is 0 Å². The summed E-state index contributed by atoms with van der Waals surface area (Å²) in [5.74, 6) is 1.04. The van der Waals surface area contributed by atoms with Crippen molar-refractivity contribution in [2.75, 3.05) is 13.2 Å². The minimum absolute atomic E-state index is 0.00180. The van der Waals surface area contributed by atoms with Crippen molar-refractivity contribution in [2.45, 2.75) is 31.8 Å². The van der Waals surface area contributed by atoms with E-state index in [4.69, 9.17) is 15.5 Å². The number of ether oxygens (including phenoxy) is 1. The van der Waals surface area contributed by atoms with E-state index >= 15 is 0 Å². The van der Waals surface area contributed by atoms with E-state index in [9.17, 15) is 0 Å². The van der Waals surface area contributed by atoms with Crippen LogP contribution in [0.25, 0.3) is 11.0 Å². The molecule has 0 spiro atoms. The van der Waals surface area contributed by atoms with Gasteiger partial charge in [0.05, 0.1) is 29.7 Å². The maximum Gasteiger partial charge on any atom is 0.119 e. The summed E-state index contributed by atoms with van der Waals surface area (Å²) in [6.45, 7) is 6.41. The largest absolute Gasteiger partial charge is 0.379 e. The third-order valence-electron chi connectivity index (χ3n) is 4.06. The van der Waals surface area contributed by atoms with Gasteiger partial charge in [0.1, 0.15) is 5.82 Å². The molecule has 0 aliphatic carbocycles. The number of halogens is 1. The van der Waals surface area contributed by atoms with Gasteiger partial charge in [-0.15, -0.1) is 0 Å². The normalized spacial score (nSPS) is 27.3. The van der Waals surface area contributed by atoms with Crippen molar-refractivity contribution >= 4 is 27.0 Å². The van der Waals surface area contributed by atoms with Crippen LogP contribution in [0, 0.1) is 0 Å². The van der Waals surface area contributed by atoms with Crippen LogP contribution in [0.1, 0.15) is 19.7 Å². The number of hydrogen-bond acceptors (Lipinski definition) is 3. The second-order valence-electron chi connectivity index (χ2n) is 5.35. The first-order valence-electron chi connectivity index (χ1n) is 6.56. The monoisotopic (exact) mass is 323 g/mol. The maximum atomic E-state index is 6.23. The van der Waals surface area contributed by atoms with Crippen molar-refractivity contribution in [3.63, 3.8) is 0 Å². The van der Waals surface area contributed by atoms with Crippen LogP contribution in [0.5, 0.6) is 0 Å². The van der Waals surface area contributed by atoms with Crippen LogP contribution in [0.15, 0.2) is 22.7 Å². The molecule has 1 aromatic carbocycles. The number of rotatable bonds is 2. The average Bonchev–Trinajstić information content (AvgIpc) is 2.91. The predicted octanol–water partition coefficient (Wildman–Crippen LogP) is 2.43. The predicted molar refractivity (Wildman–Crippen MR) is 79.3 cm³/mol. The molecule has 0 saturated carbocycles. The Morgan fingerprint density at radius 1 is 1.58 bits per heavy atom. The highest BCUT2D eigenvalue weighted by molar-refractivity contribution is 9.10. The van der Waals surface area contributed by atoms with E-state index in [-0.39, 0.29) is 11.5 Å². The third kappa shape index (κ3) is 1.91. The van der Waals surface area contributed by atoms with E-state index in [0.717, 1.165) is 27.9 Å². The van der Waals surface area contributed by atoms with Crippen LogP contribution >= 0.6 is 15.9 Å². The van der Waals surface area contributed by atoms with Gasteiger partial charge in [0.2, 0.25) is 0 Å². The lowest BCUT2D eigenvalue weighted by Gasteiger charge is -2.26. The summed E-state index contributed by atoms with van der Waals surface area (Å²) >= 11 is 3.50. The molecule has 2 atom stereocenters. The topological polar surface area (TPSA) is 53.1 Å². The molecule has 1 aliphatic rings. The van der Waals surface area contributed by atoms with E-state index in [2.05, 4.69) is 46.5 Å². The molecule has 0 bridgehead atoms. The highest BCUT2D eigenvalue weighted by Crippen LogP contribution is 2.34. The number of imidazole rings is 1. The number of fused-ring (bicyclic) bond motifs is 1. The van der Waals surface area contributed by atoms with Gasteiger partial charge < -0.3 is 15.0 Å². The molecule has 1 aromatic heterocycles. The molecule has 3 rings (SSSR count). The Bertz CT molecular complexity index is 624. The number of nitrogens with two attached hydrogens (primary N) is 1. The van der Waals surface area contributed by atoms with Crippen LogP contribution in [-0.4, -0.2) is 28.8 Å². The minimum atomic E-state index is -0.207. The minimum Gasteiger partial charge on any atom is -0.379 e. The molecule has 2 heterocycles. The lowest BCUT2D eigenvalue weighted by atomic mass is 9.85. The Balaban J connectivity index is 2.23. The summed E-state index contributed by atoms with van der Waals surface area (Å²) in [6.07, 6.45) is 0. The molecule has 0 radical (unpaired) electrons. The fourth-order valence-electron chi connectivity index (χ4n) is 2.78.